The van der Waals surface area contributed by atoms with E-state index in [1.165, 1.54) is 45.6 Å². The number of nitrogens with zero attached hydrogens (tertiary/aromatic N) is 2. The van der Waals surface area contributed by atoms with E-state index in [1.54, 1.807) is 0 Å². The lowest BCUT2D eigenvalue weighted by atomic mass is 9.72. The Labute approximate surface area is 113 Å². The van der Waals surface area contributed by atoms with Gasteiger partial charge in [0.05, 0.1) is 0 Å². The molecule has 2 aliphatic rings. The highest BCUT2D eigenvalue weighted by molar-refractivity contribution is 4.89. The molecule has 3 nitrogen and oxygen atoms in total. The summed E-state index contributed by atoms with van der Waals surface area (Å²) >= 11 is 0. The van der Waals surface area contributed by atoms with E-state index < -0.39 is 0 Å². The summed E-state index contributed by atoms with van der Waals surface area (Å²) in [6.07, 6.45) is 2.77. The molecular formula is C15H31N3. The van der Waals surface area contributed by atoms with Crippen LogP contribution in [0.3, 0.4) is 0 Å². The average Bonchev–Trinajstić information content (AvgIpc) is 2.34. The monoisotopic (exact) mass is 253 g/mol. The molecule has 1 saturated heterocycles. The highest BCUT2D eigenvalue weighted by Gasteiger charge is 2.34. The predicted molar refractivity (Wildman–Crippen MR) is 77.8 cm³/mol. The van der Waals surface area contributed by atoms with Crippen LogP contribution in [0.5, 0.6) is 0 Å². The Morgan fingerprint density at radius 3 is 2.33 bits per heavy atom. The van der Waals surface area contributed by atoms with Crippen molar-refractivity contribution in [3.05, 3.63) is 0 Å². The van der Waals surface area contributed by atoms with Crippen LogP contribution in [0, 0.1) is 17.8 Å². The van der Waals surface area contributed by atoms with E-state index in [-0.39, 0.29) is 0 Å². The van der Waals surface area contributed by atoms with Crippen molar-refractivity contribution < 1.29 is 0 Å². The van der Waals surface area contributed by atoms with Crippen LogP contribution >= 0.6 is 0 Å². The standard InChI is InChI=1S/C15H31N3/c1-12-9-13(2)14(15(10-12)16-3)11-18-7-5-17(4)6-8-18/h12-16H,5-11H2,1-4H3. The van der Waals surface area contributed by atoms with Crippen molar-refractivity contribution in [3.8, 4) is 0 Å². The fourth-order valence-electron chi connectivity index (χ4n) is 3.88. The van der Waals surface area contributed by atoms with Crippen molar-refractivity contribution in [2.24, 2.45) is 17.8 Å². The van der Waals surface area contributed by atoms with Gasteiger partial charge in [0, 0.05) is 38.8 Å². The Hall–Kier alpha value is -0.120. The molecule has 4 unspecified atom stereocenters. The molecule has 2 fully saturated rings. The van der Waals surface area contributed by atoms with Gasteiger partial charge in [-0.2, -0.15) is 0 Å². The third-order valence-electron chi connectivity index (χ3n) is 5.11. The van der Waals surface area contributed by atoms with Crippen molar-refractivity contribution >= 4 is 0 Å². The van der Waals surface area contributed by atoms with E-state index in [0.29, 0.717) is 0 Å². The molecule has 0 bridgehead atoms. The van der Waals surface area contributed by atoms with Gasteiger partial charge in [-0.25, -0.2) is 0 Å². The maximum atomic E-state index is 3.58. The SMILES string of the molecule is CNC1CC(C)CC(C)C1CN1CCN(C)CC1. The first-order chi connectivity index (χ1) is 8.60. The normalized spacial score (nSPS) is 40.0. The molecular weight excluding hydrogens is 222 g/mol. The fourth-order valence-corrected chi connectivity index (χ4v) is 3.88. The zero-order valence-corrected chi connectivity index (χ0v) is 12.7. The molecule has 0 aromatic heterocycles. The van der Waals surface area contributed by atoms with Gasteiger partial charge < -0.3 is 15.1 Å². The van der Waals surface area contributed by atoms with E-state index >= 15 is 0 Å². The zero-order chi connectivity index (χ0) is 13.1. The fraction of sp³-hybridized carbons (Fsp3) is 1.00. The number of likely N-dealkylation sites (N-methyl/N-ethyl adjacent to an activating group) is 1. The summed E-state index contributed by atoms with van der Waals surface area (Å²) in [5.41, 5.74) is 0. The van der Waals surface area contributed by atoms with Gasteiger partial charge in [0.1, 0.15) is 0 Å². The summed E-state index contributed by atoms with van der Waals surface area (Å²) in [5, 5.41) is 3.58. The van der Waals surface area contributed by atoms with Crippen LogP contribution in [0.25, 0.3) is 0 Å². The summed E-state index contributed by atoms with van der Waals surface area (Å²) in [6, 6.07) is 0.725. The summed E-state index contributed by atoms with van der Waals surface area (Å²) < 4.78 is 0. The third kappa shape index (κ3) is 3.46. The number of hydrogen-bond acceptors (Lipinski definition) is 3. The van der Waals surface area contributed by atoms with Gasteiger partial charge in [-0.1, -0.05) is 13.8 Å². The molecule has 1 N–H and O–H groups in total. The van der Waals surface area contributed by atoms with Crippen molar-refractivity contribution in [2.45, 2.75) is 32.7 Å². The highest BCUT2D eigenvalue weighted by Crippen LogP contribution is 2.34. The van der Waals surface area contributed by atoms with Crippen LogP contribution in [-0.2, 0) is 0 Å². The third-order valence-corrected chi connectivity index (χ3v) is 5.11. The number of piperazine rings is 1. The molecule has 0 radical (unpaired) electrons. The Morgan fingerprint density at radius 1 is 1.06 bits per heavy atom. The smallest absolute Gasteiger partial charge is 0.0110 e. The van der Waals surface area contributed by atoms with Gasteiger partial charge in [0.2, 0.25) is 0 Å². The summed E-state index contributed by atoms with van der Waals surface area (Å²) in [6.45, 7) is 11.2. The van der Waals surface area contributed by atoms with E-state index in [4.69, 9.17) is 0 Å². The minimum atomic E-state index is 0.725. The lowest BCUT2D eigenvalue weighted by molar-refractivity contribution is 0.0772. The van der Waals surface area contributed by atoms with E-state index in [2.05, 4.69) is 43.1 Å². The van der Waals surface area contributed by atoms with Crippen LogP contribution in [0.2, 0.25) is 0 Å². The van der Waals surface area contributed by atoms with Gasteiger partial charge in [0.15, 0.2) is 0 Å². The van der Waals surface area contributed by atoms with Gasteiger partial charge in [0.25, 0.3) is 0 Å². The number of nitrogens with one attached hydrogen (secondary N) is 1. The van der Waals surface area contributed by atoms with Gasteiger partial charge >= 0.3 is 0 Å². The molecule has 2 rings (SSSR count). The number of rotatable bonds is 3. The van der Waals surface area contributed by atoms with E-state index in [0.717, 1.165) is 23.8 Å². The minimum absolute atomic E-state index is 0.725. The molecule has 1 saturated carbocycles. The molecule has 0 amide bonds. The molecule has 18 heavy (non-hydrogen) atoms. The lowest BCUT2D eigenvalue weighted by Gasteiger charge is -2.43. The molecule has 0 spiro atoms. The van der Waals surface area contributed by atoms with Crippen molar-refractivity contribution in [1.29, 1.82) is 0 Å². The quantitative estimate of drug-likeness (QED) is 0.822. The second-order valence-corrected chi connectivity index (χ2v) is 6.72. The molecule has 4 atom stereocenters. The van der Waals surface area contributed by atoms with E-state index in [1.807, 2.05) is 0 Å². The second-order valence-electron chi connectivity index (χ2n) is 6.72. The molecule has 1 aliphatic carbocycles. The highest BCUT2D eigenvalue weighted by atomic mass is 15.2. The maximum absolute atomic E-state index is 3.58. The largest absolute Gasteiger partial charge is 0.317 e. The summed E-state index contributed by atoms with van der Waals surface area (Å²) in [5.74, 6) is 2.60. The molecule has 106 valence electrons. The van der Waals surface area contributed by atoms with Crippen LogP contribution in [0.15, 0.2) is 0 Å². The Balaban J connectivity index is 1.89. The summed E-state index contributed by atoms with van der Waals surface area (Å²) in [7, 11) is 4.38. The molecule has 1 aliphatic heterocycles. The topological polar surface area (TPSA) is 18.5 Å². The molecule has 0 aromatic rings. The lowest BCUT2D eigenvalue weighted by Crippen LogP contribution is -2.52. The van der Waals surface area contributed by atoms with Gasteiger partial charge in [-0.3, -0.25) is 0 Å². The van der Waals surface area contributed by atoms with Crippen molar-refractivity contribution in [3.63, 3.8) is 0 Å². The first kappa shape index (κ1) is 14.3. The first-order valence-corrected chi connectivity index (χ1v) is 7.68. The second kappa shape index (κ2) is 6.36. The molecule has 0 aromatic carbocycles. The molecule has 1 heterocycles. The van der Waals surface area contributed by atoms with Crippen LogP contribution in [0.4, 0.5) is 0 Å². The van der Waals surface area contributed by atoms with Crippen molar-refractivity contribution in [2.75, 3.05) is 46.8 Å². The van der Waals surface area contributed by atoms with Gasteiger partial charge in [-0.15, -0.1) is 0 Å². The average molecular weight is 253 g/mol. The minimum Gasteiger partial charge on any atom is -0.317 e. The Morgan fingerprint density at radius 2 is 1.72 bits per heavy atom. The van der Waals surface area contributed by atoms with Gasteiger partial charge in [-0.05, 0) is 44.7 Å². The van der Waals surface area contributed by atoms with E-state index in [9.17, 15) is 0 Å². The Bertz CT molecular complexity index is 248. The maximum Gasteiger partial charge on any atom is 0.0110 e. The van der Waals surface area contributed by atoms with Crippen LogP contribution in [-0.4, -0.2) is 62.7 Å². The predicted octanol–water partition coefficient (Wildman–Crippen LogP) is 1.50. The number of hydrogen-bond donors (Lipinski definition) is 1. The first-order valence-electron chi connectivity index (χ1n) is 7.68. The van der Waals surface area contributed by atoms with Crippen LogP contribution < -0.4 is 5.32 Å². The summed E-state index contributed by atoms with van der Waals surface area (Å²) in [4.78, 5) is 5.12. The Kier molecular flexibility index (Phi) is 5.05. The zero-order valence-electron chi connectivity index (χ0n) is 12.7. The molecule has 3 heteroatoms. The van der Waals surface area contributed by atoms with Crippen molar-refractivity contribution in [1.82, 2.24) is 15.1 Å². The van der Waals surface area contributed by atoms with Crippen LogP contribution in [0.1, 0.15) is 26.7 Å².